The molecule has 96 valence electrons. The maximum absolute atomic E-state index is 11.4. The number of azo groups is 1. The number of aliphatic hydroxyl groups excluding tert-OH is 1. The second kappa shape index (κ2) is 7.60. The molecule has 0 heterocycles. The zero-order chi connectivity index (χ0) is 13.4. The summed E-state index contributed by atoms with van der Waals surface area (Å²) in [5.74, 6) is -0.694. The molecule has 5 nitrogen and oxygen atoms in total. The van der Waals surface area contributed by atoms with Crippen molar-refractivity contribution in [1.29, 1.82) is 0 Å². The lowest BCUT2D eigenvalue weighted by Gasteiger charge is -2.00. The minimum atomic E-state index is -0.694. The largest absolute Gasteiger partial charge is 0.513 e. The number of hydrogen-bond acceptors (Lipinski definition) is 5. The number of rotatable bonds is 5. The van der Waals surface area contributed by atoms with Gasteiger partial charge in [-0.25, -0.2) is 4.79 Å². The first kappa shape index (κ1) is 14.4. The Morgan fingerprint density at radius 3 is 2.67 bits per heavy atom. The molecule has 1 aromatic carbocycles. The number of ether oxygens (including phenoxy) is 1. The van der Waals surface area contributed by atoms with E-state index < -0.39 is 5.97 Å². The van der Waals surface area contributed by atoms with Crippen LogP contribution in [0.5, 0.6) is 0 Å². The minimum absolute atomic E-state index is 0.230. The minimum Gasteiger partial charge on any atom is -0.513 e. The van der Waals surface area contributed by atoms with Crippen molar-refractivity contribution in [1.82, 2.24) is 0 Å². The van der Waals surface area contributed by atoms with Crippen molar-refractivity contribution in [3.05, 3.63) is 40.7 Å². The van der Waals surface area contributed by atoms with E-state index in [9.17, 15) is 4.79 Å². The number of benzene rings is 1. The van der Waals surface area contributed by atoms with Gasteiger partial charge >= 0.3 is 5.97 Å². The second-order valence-corrected chi connectivity index (χ2v) is 4.24. The van der Waals surface area contributed by atoms with Crippen molar-refractivity contribution in [3.63, 3.8) is 0 Å². The molecule has 0 saturated carbocycles. The molecule has 6 heteroatoms. The van der Waals surface area contributed by atoms with Gasteiger partial charge < -0.3 is 9.84 Å². The molecule has 0 amide bonds. The van der Waals surface area contributed by atoms with Crippen molar-refractivity contribution < 1.29 is 14.6 Å². The highest BCUT2D eigenvalue weighted by molar-refractivity contribution is 9.10. The molecule has 0 saturated heterocycles. The molecule has 0 radical (unpaired) electrons. The zero-order valence-electron chi connectivity index (χ0n) is 9.84. The Balaban J connectivity index is 2.68. The monoisotopic (exact) mass is 312 g/mol. The van der Waals surface area contributed by atoms with Crippen LogP contribution < -0.4 is 0 Å². The van der Waals surface area contributed by atoms with E-state index in [0.717, 1.165) is 4.47 Å². The topological polar surface area (TPSA) is 71.2 Å². The highest BCUT2D eigenvalue weighted by Crippen LogP contribution is 2.18. The van der Waals surface area contributed by atoms with Gasteiger partial charge in [-0.05, 0) is 30.7 Å². The summed E-state index contributed by atoms with van der Waals surface area (Å²) in [5.41, 5.74) is 0.340. The SMILES string of the molecule is CCCOC(=O)C(=C\O)/N=N\c1ccc(Br)cc1. The number of esters is 1. The van der Waals surface area contributed by atoms with E-state index in [1.807, 2.05) is 6.92 Å². The van der Waals surface area contributed by atoms with Crippen molar-refractivity contribution in [2.75, 3.05) is 6.61 Å². The van der Waals surface area contributed by atoms with Crippen LogP contribution >= 0.6 is 15.9 Å². The Bertz CT molecular complexity index is 455. The lowest BCUT2D eigenvalue weighted by molar-refractivity contribution is -0.139. The first-order valence-corrected chi connectivity index (χ1v) is 6.15. The van der Waals surface area contributed by atoms with Crippen LogP contribution in [-0.4, -0.2) is 17.7 Å². The highest BCUT2D eigenvalue weighted by Gasteiger charge is 2.10. The van der Waals surface area contributed by atoms with Crippen LogP contribution in [0.4, 0.5) is 5.69 Å². The highest BCUT2D eigenvalue weighted by atomic mass is 79.9. The van der Waals surface area contributed by atoms with Gasteiger partial charge in [0, 0.05) is 4.47 Å². The predicted octanol–water partition coefficient (Wildman–Crippen LogP) is 3.89. The molecular weight excluding hydrogens is 300 g/mol. The summed E-state index contributed by atoms with van der Waals surface area (Å²) in [6.45, 7) is 2.16. The summed E-state index contributed by atoms with van der Waals surface area (Å²) in [7, 11) is 0. The van der Waals surface area contributed by atoms with E-state index in [1.54, 1.807) is 24.3 Å². The lowest BCUT2D eigenvalue weighted by atomic mass is 10.3. The van der Waals surface area contributed by atoms with E-state index >= 15 is 0 Å². The van der Waals surface area contributed by atoms with E-state index in [4.69, 9.17) is 9.84 Å². The van der Waals surface area contributed by atoms with Gasteiger partial charge in [0.2, 0.25) is 5.70 Å². The van der Waals surface area contributed by atoms with Gasteiger partial charge in [-0.3, -0.25) is 0 Å². The molecule has 0 aliphatic heterocycles. The summed E-state index contributed by atoms with van der Waals surface area (Å²) in [5, 5.41) is 16.4. The normalized spacial score (nSPS) is 11.8. The number of carbonyl (C=O) groups excluding carboxylic acids is 1. The Morgan fingerprint density at radius 1 is 1.44 bits per heavy atom. The molecule has 1 N–H and O–H groups in total. The Kier molecular flexibility index (Phi) is 6.07. The smallest absolute Gasteiger partial charge is 0.362 e. The molecular formula is C12H13BrN2O3. The Morgan fingerprint density at radius 2 is 2.11 bits per heavy atom. The van der Waals surface area contributed by atoms with Crippen LogP contribution in [0.25, 0.3) is 0 Å². The van der Waals surface area contributed by atoms with Crippen LogP contribution in [0.1, 0.15) is 13.3 Å². The van der Waals surface area contributed by atoms with Gasteiger partial charge in [0.05, 0.1) is 12.3 Å². The third-order valence-corrected chi connectivity index (χ3v) is 2.40. The zero-order valence-corrected chi connectivity index (χ0v) is 11.4. The molecule has 1 aromatic rings. The Hall–Kier alpha value is -1.69. The van der Waals surface area contributed by atoms with Crippen LogP contribution in [0.3, 0.4) is 0 Å². The number of aliphatic hydroxyl groups is 1. The fourth-order valence-corrected chi connectivity index (χ4v) is 1.27. The average Bonchev–Trinajstić information content (AvgIpc) is 2.39. The van der Waals surface area contributed by atoms with Gasteiger partial charge in [0.15, 0.2) is 0 Å². The molecule has 0 aliphatic rings. The average molecular weight is 313 g/mol. The summed E-state index contributed by atoms with van der Waals surface area (Å²) in [4.78, 5) is 11.4. The van der Waals surface area contributed by atoms with Gasteiger partial charge in [-0.1, -0.05) is 22.9 Å². The standard InChI is InChI=1S/C12H13BrN2O3/c1-2-7-18-12(17)11(8-16)15-14-10-5-3-9(13)4-6-10/h3-6,8,16H,2,7H2,1H3/b11-8+,15-14-. The van der Waals surface area contributed by atoms with Gasteiger partial charge in [-0.15, -0.1) is 5.11 Å². The summed E-state index contributed by atoms with van der Waals surface area (Å²) in [6.07, 6.45) is 1.29. The number of halogens is 1. The number of hydrogen-bond donors (Lipinski definition) is 1. The summed E-state index contributed by atoms with van der Waals surface area (Å²) in [6, 6.07) is 7.04. The second-order valence-electron chi connectivity index (χ2n) is 3.33. The van der Waals surface area contributed by atoms with Crippen molar-refractivity contribution in [2.24, 2.45) is 10.2 Å². The van der Waals surface area contributed by atoms with Crippen LogP contribution in [-0.2, 0) is 9.53 Å². The molecule has 0 spiro atoms. The fourth-order valence-electron chi connectivity index (χ4n) is 1.01. The first-order chi connectivity index (χ1) is 8.67. The molecule has 0 fully saturated rings. The van der Waals surface area contributed by atoms with Crippen LogP contribution in [0.15, 0.2) is 50.9 Å². The Labute approximate surface area is 113 Å². The van der Waals surface area contributed by atoms with Crippen LogP contribution in [0, 0.1) is 0 Å². The maximum atomic E-state index is 11.4. The molecule has 1 rings (SSSR count). The van der Waals surface area contributed by atoms with Crippen LogP contribution in [0.2, 0.25) is 0 Å². The molecule has 0 atom stereocenters. The van der Waals surface area contributed by atoms with Gasteiger partial charge in [0.1, 0.15) is 6.26 Å². The first-order valence-electron chi connectivity index (χ1n) is 5.36. The quantitative estimate of drug-likeness (QED) is 0.388. The van der Waals surface area contributed by atoms with Crippen molar-refractivity contribution >= 4 is 27.6 Å². The van der Waals surface area contributed by atoms with Gasteiger partial charge in [-0.2, -0.15) is 5.11 Å². The number of nitrogens with zero attached hydrogens (tertiary/aromatic N) is 2. The third kappa shape index (κ3) is 4.67. The summed E-state index contributed by atoms with van der Waals surface area (Å²) >= 11 is 3.29. The predicted molar refractivity (Wildman–Crippen MR) is 70.6 cm³/mol. The van der Waals surface area contributed by atoms with Crippen molar-refractivity contribution in [2.45, 2.75) is 13.3 Å². The molecule has 0 aliphatic carbocycles. The fraction of sp³-hybridized carbons (Fsp3) is 0.250. The molecule has 0 aromatic heterocycles. The summed E-state index contributed by atoms with van der Waals surface area (Å²) < 4.78 is 5.74. The molecule has 18 heavy (non-hydrogen) atoms. The van der Waals surface area contributed by atoms with E-state index in [1.165, 1.54) is 0 Å². The molecule has 0 bridgehead atoms. The molecule has 0 unspecified atom stereocenters. The van der Waals surface area contributed by atoms with Gasteiger partial charge in [0.25, 0.3) is 0 Å². The van der Waals surface area contributed by atoms with E-state index in [-0.39, 0.29) is 12.3 Å². The lowest BCUT2D eigenvalue weighted by Crippen LogP contribution is -2.07. The maximum Gasteiger partial charge on any atom is 0.362 e. The van der Waals surface area contributed by atoms with E-state index in [0.29, 0.717) is 18.4 Å². The van der Waals surface area contributed by atoms with Crippen molar-refractivity contribution in [3.8, 4) is 0 Å². The van der Waals surface area contributed by atoms with E-state index in [2.05, 4.69) is 26.2 Å². The third-order valence-electron chi connectivity index (χ3n) is 1.87. The number of carbonyl (C=O) groups is 1.